The lowest BCUT2D eigenvalue weighted by atomic mass is 9.69. The molecule has 0 aromatic heterocycles. The fourth-order valence-corrected chi connectivity index (χ4v) is 4.72. The van der Waals surface area contributed by atoms with Crippen molar-refractivity contribution >= 4 is 17.7 Å². The summed E-state index contributed by atoms with van der Waals surface area (Å²) in [5.74, 6) is -2.51. The first-order valence-electron chi connectivity index (χ1n) is 11.6. The van der Waals surface area contributed by atoms with Gasteiger partial charge in [0.1, 0.15) is 12.5 Å². The van der Waals surface area contributed by atoms with E-state index in [9.17, 15) is 14.4 Å². The van der Waals surface area contributed by atoms with E-state index in [2.05, 4.69) is 5.32 Å². The number of carbonyl (C=O) groups is 3. The van der Waals surface area contributed by atoms with Gasteiger partial charge in [0.15, 0.2) is 17.3 Å². The van der Waals surface area contributed by atoms with Crippen LogP contribution in [0.4, 0.5) is 0 Å². The first-order chi connectivity index (χ1) is 16.8. The highest BCUT2D eigenvalue weighted by atomic mass is 16.6. The molecule has 0 spiro atoms. The van der Waals surface area contributed by atoms with Gasteiger partial charge in [0.2, 0.25) is 0 Å². The minimum Gasteiger partial charge on any atom is -0.493 e. The van der Waals surface area contributed by atoms with Gasteiger partial charge in [0, 0.05) is 30.0 Å². The molecule has 1 aliphatic heterocycles. The molecule has 0 saturated carbocycles. The van der Waals surface area contributed by atoms with Crippen LogP contribution in [0.25, 0.3) is 0 Å². The van der Waals surface area contributed by atoms with E-state index in [1.54, 1.807) is 25.1 Å². The summed E-state index contributed by atoms with van der Waals surface area (Å²) in [4.78, 5) is 39.6. The first kappa shape index (κ1) is 26.3. The van der Waals surface area contributed by atoms with Gasteiger partial charge in [-0.3, -0.25) is 9.59 Å². The lowest BCUT2D eigenvalue weighted by Gasteiger charge is -2.38. The Bertz CT molecular complexity index is 1060. The van der Waals surface area contributed by atoms with Gasteiger partial charge in [-0.05, 0) is 43.9 Å². The Hall–Kier alpha value is -3.33. The molecule has 1 heterocycles. The van der Waals surface area contributed by atoms with E-state index >= 15 is 0 Å². The summed E-state index contributed by atoms with van der Waals surface area (Å²) in [6, 6.07) is 5.29. The molecule has 0 bridgehead atoms. The summed E-state index contributed by atoms with van der Waals surface area (Å²) in [6.45, 7) is 6.23. The van der Waals surface area contributed by atoms with Gasteiger partial charge < -0.3 is 29.0 Å². The van der Waals surface area contributed by atoms with E-state index in [0.717, 1.165) is 0 Å². The third-order valence-corrected chi connectivity index (χ3v) is 6.30. The summed E-state index contributed by atoms with van der Waals surface area (Å²) in [5.41, 5.74) is 2.56. The average Bonchev–Trinajstić information content (AvgIpc) is 2.83. The zero-order valence-electron chi connectivity index (χ0n) is 21.1. The molecule has 3 atom stereocenters. The summed E-state index contributed by atoms with van der Waals surface area (Å²) in [6.07, 6.45) is 0.453. The normalized spacial score (nSPS) is 21.8. The van der Waals surface area contributed by atoms with Crippen molar-refractivity contribution in [3.8, 4) is 11.5 Å². The third kappa shape index (κ3) is 5.19. The van der Waals surface area contributed by atoms with Crippen molar-refractivity contribution in [3.63, 3.8) is 0 Å². The highest BCUT2D eigenvalue weighted by Gasteiger charge is 2.47. The van der Waals surface area contributed by atoms with E-state index < -0.39 is 23.8 Å². The number of rotatable bonds is 9. The standard InChI is InChI=1S/C26H33NO8/c1-7-34-18-9-8-16(13-19(18)32-5)22-21(26(30)35-11-10-31-4)15(3)27-17-12-14(2)20(25(29)33-6)24(28)23(17)22/h8-9,13-14,20,22,27H,7,10-12H2,1-6H3/t14-,20+,22+/m0/s1. The van der Waals surface area contributed by atoms with Gasteiger partial charge in [-0.1, -0.05) is 13.0 Å². The van der Waals surface area contributed by atoms with Crippen LogP contribution < -0.4 is 14.8 Å². The van der Waals surface area contributed by atoms with Gasteiger partial charge in [0.05, 0.1) is 33.0 Å². The molecule has 1 N–H and O–H groups in total. The molecule has 0 amide bonds. The summed E-state index contributed by atoms with van der Waals surface area (Å²) in [5, 5.41) is 3.24. The molecular formula is C26H33NO8. The molecule has 2 aliphatic rings. The predicted octanol–water partition coefficient (Wildman–Crippen LogP) is 2.90. The molecule has 9 heteroatoms. The van der Waals surface area contributed by atoms with Crippen LogP contribution in [0.1, 0.15) is 38.7 Å². The molecule has 190 valence electrons. The van der Waals surface area contributed by atoms with Gasteiger partial charge in [-0.25, -0.2) is 4.79 Å². The molecule has 9 nitrogen and oxygen atoms in total. The Morgan fingerprint density at radius 1 is 1.11 bits per heavy atom. The van der Waals surface area contributed by atoms with Crippen molar-refractivity contribution in [1.82, 2.24) is 5.32 Å². The Balaban J connectivity index is 2.17. The average molecular weight is 488 g/mol. The van der Waals surface area contributed by atoms with Crippen LogP contribution >= 0.6 is 0 Å². The van der Waals surface area contributed by atoms with Crippen molar-refractivity contribution in [3.05, 3.63) is 46.3 Å². The van der Waals surface area contributed by atoms with Crippen molar-refractivity contribution < 1.29 is 38.1 Å². The molecule has 0 fully saturated rings. The third-order valence-electron chi connectivity index (χ3n) is 6.30. The minimum atomic E-state index is -0.961. The van der Waals surface area contributed by atoms with Crippen molar-refractivity contribution in [1.29, 1.82) is 0 Å². The number of allylic oxidation sites excluding steroid dienone is 3. The molecule has 0 unspecified atom stereocenters. The largest absolute Gasteiger partial charge is 0.493 e. The Labute approximate surface area is 205 Å². The van der Waals surface area contributed by atoms with Gasteiger partial charge in [-0.2, -0.15) is 0 Å². The Morgan fingerprint density at radius 2 is 1.86 bits per heavy atom. The Morgan fingerprint density at radius 3 is 2.49 bits per heavy atom. The maximum absolute atomic E-state index is 13.8. The molecule has 0 radical (unpaired) electrons. The van der Waals surface area contributed by atoms with Crippen LogP contribution in [-0.2, 0) is 28.6 Å². The lowest BCUT2D eigenvalue weighted by molar-refractivity contribution is -0.151. The number of carbonyl (C=O) groups excluding carboxylic acids is 3. The van der Waals surface area contributed by atoms with Crippen LogP contribution in [0.2, 0.25) is 0 Å². The second-order valence-corrected chi connectivity index (χ2v) is 8.51. The highest BCUT2D eigenvalue weighted by molar-refractivity contribution is 6.12. The first-order valence-corrected chi connectivity index (χ1v) is 11.6. The number of dihydropyridines is 1. The number of ether oxygens (including phenoxy) is 5. The molecule has 0 saturated heterocycles. The minimum absolute atomic E-state index is 0.0626. The number of Topliss-reactive ketones (excluding diaryl/α,β-unsaturated/α-hetero) is 1. The zero-order chi connectivity index (χ0) is 25.7. The number of hydrogen-bond donors (Lipinski definition) is 1. The SMILES string of the molecule is CCOc1ccc([C@@H]2C(C(=O)OCCOC)=C(C)NC3=C2C(=O)[C@H](C(=O)OC)[C@@H](C)C3)cc1OC. The molecule has 1 aromatic rings. The van der Waals surface area contributed by atoms with Gasteiger partial charge in [0.25, 0.3) is 0 Å². The molecule has 1 aliphatic carbocycles. The summed E-state index contributed by atoms with van der Waals surface area (Å²) in [7, 11) is 4.31. The van der Waals surface area contributed by atoms with Crippen molar-refractivity contribution in [2.24, 2.45) is 11.8 Å². The van der Waals surface area contributed by atoms with Crippen LogP contribution in [0.3, 0.4) is 0 Å². The van der Waals surface area contributed by atoms with E-state index in [1.807, 2.05) is 13.8 Å². The number of hydrogen-bond acceptors (Lipinski definition) is 9. The number of methoxy groups -OCH3 is 3. The Kier molecular flexibility index (Phi) is 8.56. The van der Waals surface area contributed by atoms with E-state index in [4.69, 9.17) is 23.7 Å². The second kappa shape index (κ2) is 11.4. The summed E-state index contributed by atoms with van der Waals surface area (Å²) >= 11 is 0. The predicted molar refractivity (Wildman–Crippen MR) is 127 cm³/mol. The van der Waals surface area contributed by atoms with Crippen LogP contribution in [0, 0.1) is 11.8 Å². The van der Waals surface area contributed by atoms with Crippen LogP contribution in [0.15, 0.2) is 40.7 Å². The van der Waals surface area contributed by atoms with E-state index in [1.165, 1.54) is 21.3 Å². The highest BCUT2D eigenvalue weighted by Crippen LogP contribution is 2.46. The van der Waals surface area contributed by atoms with E-state index in [-0.39, 0.29) is 30.5 Å². The van der Waals surface area contributed by atoms with Crippen molar-refractivity contribution in [2.75, 3.05) is 41.2 Å². The fraction of sp³-hybridized carbons (Fsp3) is 0.500. The number of benzene rings is 1. The topological polar surface area (TPSA) is 109 Å². The lowest BCUT2D eigenvalue weighted by Crippen LogP contribution is -2.43. The smallest absolute Gasteiger partial charge is 0.336 e. The quantitative estimate of drug-likeness (QED) is 0.319. The second-order valence-electron chi connectivity index (χ2n) is 8.51. The van der Waals surface area contributed by atoms with Crippen molar-refractivity contribution in [2.45, 2.75) is 33.1 Å². The number of esters is 2. The molecule has 1 aromatic carbocycles. The zero-order valence-corrected chi connectivity index (χ0v) is 21.1. The van der Waals surface area contributed by atoms with Crippen LogP contribution in [-0.4, -0.2) is 58.9 Å². The molecule has 3 rings (SSSR count). The van der Waals surface area contributed by atoms with E-state index in [0.29, 0.717) is 47.1 Å². The number of ketones is 1. The summed E-state index contributed by atoms with van der Waals surface area (Å²) < 4.78 is 26.5. The van der Waals surface area contributed by atoms with Gasteiger partial charge >= 0.3 is 11.9 Å². The fourth-order valence-electron chi connectivity index (χ4n) is 4.72. The molecule has 35 heavy (non-hydrogen) atoms. The maximum Gasteiger partial charge on any atom is 0.336 e. The number of nitrogens with one attached hydrogen (secondary N) is 1. The monoisotopic (exact) mass is 487 g/mol. The molecular weight excluding hydrogens is 454 g/mol. The van der Waals surface area contributed by atoms with Gasteiger partial charge in [-0.15, -0.1) is 0 Å². The van der Waals surface area contributed by atoms with Crippen LogP contribution in [0.5, 0.6) is 11.5 Å². The maximum atomic E-state index is 13.8.